The van der Waals surface area contributed by atoms with Crippen molar-refractivity contribution in [2.24, 2.45) is 5.92 Å². The van der Waals surface area contributed by atoms with E-state index < -0.39 is 11.9 Å². The number of likely N-dealkylation sites (tertiary alicyclic amines) is 1. The molecule has 0 radical (unpaired) electrons. The number of carboxylic acid groups (broad SMARTS) is 1. The number of piperidine rings is 1. The fourth-order valence-electron chi connectivity index (χ4n) is 4.47. The summed E-state index contributed by atoms with van der Waals surface area (Å²) < 4.78 is 6.75. The van der Waals surface area contributed by atoms with E-state index in [4.69, 9.17) is 9.84 Å². The number of fused-ring (bicyclic) bond motifs is 4. The molecule has 1 aromatic heterocycles. The molecule has 0 spiro atoms. The minimum absolute atomic E-state index is 0.00231. The molecule has 0 saturated carbocycles. The molecule has 1 fully saturated rings. The van der Waals surface area contributed by atoms with Gasteiger partial charge in [-0.15, -0.1) is 0 Å². The van der Waals surface area contributed by atoms with Crippen LogP contribution in [0, 0.1) is 5.92 Å². The predicted molar refractivity (Wildman–Crippen MR) is 111 cm³/mol. The molecule has 2 unspecified atom stereocenters. The Kier molecular flexibility index (Phi) is 5.50. The number of rotatable bonds is 4. The number of hydrogen-bond acceptors (Lipinski definition) is 5. The first-order chi connectivity index (χ1) is 14.9. The highest BCUT2D eigenvalue weighted by molar-refractivity contribution is 6.31. The summed E-state index contributed by atoms with van der Waals surface area (Å²) >= 11 is 0. The number of hydrogen-bond donors (Lipinski definition) is 2. The van der Waals surface area contributed by atoms with Gasteiger partial charge in [-0.25, -0.2) is 4.79 Å². The molecule has 2 aromatic rings. The van der Waals surface area contributed by atoms with Gasteiger partial charge in [0.05, 0.1) is 13.5 Å². The molecule has 2 bridgehead atoms. The van der Waals surface area contributed by atoms with Gasteiger partial charge in [0, 0.05) is 31.2 Å². The van der Waals surface area contributed by atoms with Crippen LogP contribution in [0.15, 0.2) is 41.2 Å². The van der Waals surface area contributed by atoms with E-state index in [1.807, 2.05) is 0 Å². The van der Waals surface area contributed by atoms with Crippen molar-refractivity contribution in [3.63, 3.8) is 0 Å². The standard InChI is InChI=1S/C22H23N3O6/c1-31-16-4-2-13(3-5-16)9-19(26)23-17-6-7-18-15-8-14(11-25(18)20(17)27)10-24(12-15)21(28)22(29)30/h2-7,14-15H,8-12H2,1H3,(H,23,26)(H,29,30). The van der Waals surface area contributed by atoms with Crippen LogP contribution in [-0.2, 0) is 27.3 Å². The molecule has 1 saturated heterocycles. The van der Waals surface area contributed by atoms with Crippen molar-refractivity contribution in [1.29, 1.82) is 0 Å². The highest BCUT2D eigenvalue weighted by Crippen LogP contribution is 2.35. The molecule has 162 valence electrons. The lowest BCUT2D eigenvalue weighted by Gasteiger charge is -2.42. The van der Waals surface area contributed by atoms with Crippen molar-refractivity contribution in [1.82, 2.24) is 9.47 Å². The third kappa shape index (κ3) is 4.16. The summed E-state index contributed by atoms with van der Waals surface area (Å²) in [6, 6.07) is 10.5. The predicted octanol–water partition coefficient (Wildman–Crippen LogP) is 1.07. The lowest BCUT2D eigenvalue weighted by molar-refractivity contribution is -0.157. The Morgan fingerprint density at radius 1 is 1.10 bits per heavy atom. The molecule has 9 nitrogen and oxygen atoms in total. The first-order valence-electron chi connectivity index (χ1n) is 10.0. The number of carbonyl (C=O) groups excluding carboxylic acids is 2. The van der Waals surface area contributed by atoms with Gasteiger partial charge >= 0.3 is 11.9 Å². The highest BCUT2D eigenvalue weighted by atomic mass is 16.5. The van der Waals surface area contributed by atoms with Crippen LogP contribution in [0.4, 0.5) is 5.69 Å². The molecule has 2 aliphatic rings. The number of ether oxygens (including phenoxy) is 1. The number of anilines is 1. The van der Waals surface area contributed by atoms with E-state index in [0.717, 1.165) is 17.7 Å². The minimum Gasteiger partial charge on any atom is -0.497 e. The minimum atomic E-state index is -1.47. The Morgan fingerprint density at radius 3 is 2.52 bits per heavy atom. The number of carboxylic acids is 1. The van der Waals surface area contributed by atoms with Crippen LogP contribution < -0.4 is 15.6 Å². The number of pyridine rings is 1. The summed E-state index contributed by atoms with van der Waals surface area (Å²) in [6.07, 6.45) is 0.925. The fourth-order valence-corrected chi connectivity index (χ4v) is 4.47. The van der Waals surface area contributed by atoms with Gasteiger partial charge in [0.25, 0.3) is 5.56 Å². The van der Waals surface area contributed by atoms with Gasteiger partial charge in [-0.1, -0.05) is 12.1 Å². The molecule has 2 aliphatic heterocycles. The third-order valence-corrected chi connectivity index (χ3v) is 5.87. The number of carbonyl (C=O) groups is 3. The van der Waals surface area contributed by atoms with Crippen LogP contribution in [0.3, 0.4) is 0 Å². The second-order valence-electron chi connectivity index (χ2n) is 7.97. The lowest BCUT2D eigenvalue weighted by Crippen LogP contribution is -2.51. The Bertz CT molecular complexity index is 1090. The number of nitrogens with one attached hydrogen (secondary N) is 1. The van der Waals surface area contributed by atoms with Crippen LogP contribution in [0.2, 0.25) is 0 Å². The molecule has 1 aromatic carbocycles. The number of amides is 2. The summed E-state index contributed by atoms with van der Waals surface area (Å²) in [6.45, 7) is 0.960. The molecular weight excluding hydrogens is 402 g/mol. The van der Waals surface area contributed by atoms with Crippen molar-refractivity contribution in [2.45, 2.75) is 25.3 Å². The second kappa shape index (κ2) is 8.25. The van der Waals surface area contributed by atoms with E-state index >= 15 is 0 Å². The van der Waals surface area contributed by atoms with E-state index in [1.54, 1.807) is 48.1 Å². The van der Waals surface area contributed by atoms with Crippen molar-refractivity contribution in [3.05, 3.63) is 58.0 Å². The van der Waals surface area contributed by atoms with Gasteiger partial charge in [0.15, 0.2) is 0 Å². The number of methoxy groups -OCH3 is 1. The summed E-state index contributed by atoms with van der Waals surface area (Å²) in [5.74, 6) is -2.08. The number of aliphatic carboxylic acids is 1. The number of benzene rings is 1. The summed E-state index contributed by atoms with van der Waals surface area (Å²) in [5.41, 5.74) is 1.49. The molecular formula is C22H23N3O6. The maximum Gasteiger partial charge on any atom is 0.394 e. The highest BCUT2D eigenvalue weighted by Gasteiger charge is 2.38. The maximum absolute atomic E-state index is 13.0. The third-order valence-electron chi connectivity index (χ3n) is 5.87. The van der Waals surface area contributed by atoms with Gasteiger partial charge in [-0.3, -0.25) is 14.4 Å². The van der Waals surface area contributed by atoms with E-state index in [0.29, 0.717) is 18.8 Å². The van der Waals surface area contributed by atoms with Gasteiger partial charge in [-0.05, 0) is 42.2 Å². The Balaban J connectivity index is 1.49. The molecule has 2 atom stereocenters. The first-order valence-corrected chi connectivity index (χ1v) is 10.0. The zero-order chi connectivity index (χ0) is 22.1. The average molecular weight is 425 g/mol. The normalized spacial score (nSPS) is 19.3. The molecule has 4 rings (SSSR count). The second-order valence-corrected chi connectivity index (χ2v) is 7.97. The average Bonchev–Trinajstić information content (AvgIpc) is 2.75. The van der Waals surface area contributed by atoms with E-state index in [2.05, 4.69) is 5.32 Å². The van der Waals surface area contributed by atoms with Crippen LogP contribution in [-0.4, -0.2) is 52.6 Å². The largest absolute Gasteiger partial charge is 0.497 e. The van der Waals surface area contributed by atoms with E-state index in [1.165, 1.54) is 4.90 Å². The Morgan fingerprint density at radius 2 is 1.84 bits per heavy atom. The van der Waals surface area contributed by atoms with Gasteiger partial charge in [-0.2, -0.15) is 0 Å². The zero-order valence-corrected chi connectivity index (χ0v) is 17.0. The number of nitrogens with zero attached hydrogens (tertiary/aromatic N) is 2. The molecule has 9 heteroatoms. The monoisotopic (exact) mass is 425 g/mol. The lowest BCUT2D eigenvalue weighted by atomic mass is 9.83. The van der Waals surface area contributed by atoms with Crippen molar-refractivity contribution < 1.29 is 24.2 Å². The molecule has 2 N–H and O–H groups in total. The molecule has 31 heavy (non-hydrogen) atoms. The smallest absolute Gasteiger partial charge is 0.394 e. The van der Waals surface area contributed by atoms with Crippen molar-refractivity contribution >= 4 is 23.5 Å². The van der Waals surface area contributed by atoms with Crippen LogP contribution in [0.5, 0.6) is 5.75 Å². The van der Waals surface area contributed by atoms with Crippen LogP contribution in [0.25, 0.3) is 0 Å². The quantitative estimate of drug-likeness (QED) is 0.708. The molecule has 2 amide bonds. The SMILES string of the molecule is COc1ccc(CC(=O)Nc2ccc3n(c2=O)CC2CC3CN(C(=O)C(=O)O)C2)cc1. The molecule has 0 aliphatic carbocycles. The zero-order valence-electron chi connectivity index (χ0n) is 17.0. The fraction of sp³-hybridized carbons (Fsp3) is 0.364. The van der Waals surface area contributed by atoms with E-state index in [-0.39, 0.29) is 42.0 Å². The Hall–Kier alpha value is -3.62. The van der Waals surface area contributed by atoms with Gasteiger partial charge in [0.1, 0.15) is 11.4 Å². The summed E-state index contributed by atoms with van der Waals surface area (Å²) in [4.78, 5) is 49.7. The van der Waals surface area contributed by atoms with Crippen LogP contribution >= 0.6 is 0 Å². The number of aromatic nitrogens is 1. The van der Waals surface area contributed by atoms with Gasteiger partial charge < -0.3 is 24.6 Å². The van der Waals surface area contributed by atoms with Crippen LogP contribution in [0.1, 0.15) is 23.6 Å². The maximum atomic E-state index is 13.0. The first kappa shape index (κ1) is 20.6. The Labute approximate surface area is 178 Å². The summed E-state index contributed by atoms with van der Waals surface area (Å²) in [5, 5.41) is 11.7. The summed E-state index contributed by atoms with van der Waals surface area (Å²) in [7, 11) is 1.57. The topological polar surface area (TPSA) is 118 Å². The van der Waals surface area contributed by atoms with E-state index in [9.17, 15) is 19.2 Å². The molecule has 3 heterocycles. The van der Waals surface area contributed by atoms with Crippen molar-refractivity contribution in [2.75, 3.05) is 25.5 Å². The van der Waals surface area contributed by atoms with Gasteiger partial charge in [0.2, 0.25) is 5.91 Å². The van der Waals surface area contributed by atoms with Crippen molar-refractivity contribution in [3.8, 4) is 5.75 Å².